The summed E-state index contributed by atoms with van der Waals surface area (Å²) in [6.45, 7) is 2.50. The summed E-state index contributed by atoms with van der Waals surface area (Å²) in [6, 6.07) is 5.58. The van der Waals surface area contributed by atoms with Gasteiger partial charge in [-0.15, -0.1) is 0 Å². The van der Waals surface area contributed by atoms with Gasteiger partial charge in [0, 0.05) is 30.1 Å². The molecule has 0 aliphatic carbocycles. The molecule has 0 spiro atoms. The Balaban J connectivity index is 1.98. The topological polar surface area (TPSA) is 49.8 Å². The van der Waals surface area contributed by atoms with Gasteiger partial charge in [0.05, 0.1) is 7.11 Å². The lowest BCUT2D eigenvalue weighted by Crippen LogP contribution is -2.21. The van der Waals surface area contributed by atoms with Crippen LogP contribution in [0.4, 0.5) is 0 Å². The fourth-order valence-corrected chi connectivity index (χ4v) is 2.78. The van der Waals surface area contributed by atoms with Gasteiger partial charge in [0.15, 0.2) is 0 Å². The van der Waals surface area contributed by atoms with E-state index in [0.29, 0.717) is 5.02 Å². The number of halogens is 1. The van der Waals surface area contributed by atoms with Crippen molar-refractivity contribution >= 4 is 17.6 Å². The zero-order valence-corrected chi connectivity index (χ0v) is 11.7. The van der Waals surface area contributed by atoms with Crippen molar-refractivity contribution in [1.82, 2.24) is 4.90 Å². The van der Waals surface area contributed by atoms with Gasteiger partial charge in [-0.1, -0.05) is 11.6 Å². The SMILES string of the molecule is COc1ccc(Cl)cc1CN1CCC(CC(=O)O)C1. The molecule has 1 aromatic carbocycles. The smallest absolute Gasteiger partial charge is 0.303 e. The van der Waals surface area contributed by atoms with Crippen molar-refractivity contribution in [2.45, 2.75) is 19.4 Å². The van der Waals surface area contributed by atoms with E-state index in [2.05, 4.69) is 4.90 Å². The summed E-state index contributed by atoms with van der Waals surface area (Å²) < 4.78 is 5.32. The molecular weight excluding hydrogens is 266 g/mol. The molecule has 5 heteroatoms. The molecule has 1 aliphatic rings. The molecule has 1 atom stereocenters. The molecule has 0 amide bonds. The predicted octanol–water partition coefficient (Wildman–Crippen LogP) is 2.65. The van der Waals surface area contributed by atoms with Gasteiger partial charge in [-0.25, -0.2) is 0 Å². The van der Waals surface area contributed by atoms with Crippen LogP contribution < -0.4 is 4.74 Å². The standard InChI is InChI=1S/C14H18ClNO3/c1-19-13-3-2-12(15)7-11(13)9-16-5-4-10(8-16)6-14(17)18/h2-3,7,10H,4-6,8-9H2,1H3,(H,17,18). The van der Waals surface area contributed by atoms with Crippen LogP contribution in [0.2, 0.25) is 5.02 Å². The Labute approximate surface area is 117 Å². The highest BCUT2D eigenvalue weighted by Crippen LogP contribution is 2.27. The third-order valence-electron chi connectivity index (χ3n) is 3.47. The molecule has 2 rings (SSSR count). The molecule has 19 heavy (non-hydrogen) atoms. The molecule has 1 saturated heterocycles. The Morgan fingerprint density at radius 1 is 1.58 bits per heavy atom. The van der Waals surface area contributed by atoms with E-state index in [1.807, 2.05) is 12.1 Å². The Hall–Kier alpha value is -1.26. The number of carbonyl (C=O) groups is 1. The van der Waals surface area contributed by atoms with Crippen molar-refractivity contribution < 1.29 is 14.6 Å². The largest absolute Gasteiger partial charge is 0.496 e. The van der Waals surface area contributed by atoms with Crippen molar-refractivity contribution in [3.63, 3.8) is 0 Å². The Morgan fingerprint density at radius 3 is 3.05 bits per heavy atom. The van der Waals surface area contributed by atoms with Gasteiger partial charge in [0.1, 0.15) is 5.75 Å². The van der Waals surface area contributed by atoms with Gasteiger partial charge >= 0.3 is 5.97 Å². The zero-order valence-electron chi connectivity index (χ0n) is 10.9. The zero-order chi connectivity index (χ0) is 13.8. The fraction of sp³-hybridized carbons (Fsp3) is 0.500. The van der Waals surface area contributed by atoms with Crippen LogP contribution in [-0.2, 0) is 11.3 Å². The fourth-order valence-electron chi connectivity index (χ4n) is 2.58. The second kappa shape index (κ2) is 6.26. The van der Waals surface area contributed by atoms with Crippen molar-refractivity contribution in [3.8, 4) is 5.75 Å². The number of likely N-dealkylation sites (tertiary alicyclic amines) is 1. The first-order valence-electron chi connectivity index (χ1n) is 6.35. The molecule has 0 saturated carbocycles. The lowest BCUT2D eigenvalue weighted by Gasteiger charge is -2.18. The number of rotatable bonds is 5. The Kier molecular flexibility index (Phi) is 4.66. The molecule has 1 aliphatic heterocycles. The number of benzene rings is 1. The van der Waals surface area contributed by atoms with Crippen LogP contribution in [0, 0.1) is 5.92 Å². The van der Waals surface area contributed by atoms with Gasteiger partial charge in [-0.3, -0.25) is 9.69 Å². The normalized spacial score (nSPS) is 19.6. The third kappa shape index (κ3) is 3.85. The van der Waals surface area contributed by atoms with Crippen LogP contribution >= 0.6 is 11.6 Å². The number of nitrogens with zero attached hydrogens (tertiary/aromatic N) is 1. The summed E-state index contributed by atoms with van der Waals surface area (Å²) in [7, 11) is 1.64. The third-order valence-corrected chi connectivity index (χ3v) is 3.70. The van der Waals surface area contributed by atoms with Gasteiger partial charge in [-0.05, 0) is 37.1 Å². The van der Waals surface area contributed by atoms with Crippen molar-refractivity contribution in [1.29, 1.82) is 0 Å². The first kappa shape index (κ1) is 14.2. The Morgan fingerprint density at radius 2 is 2.37 bits per heavy atom. The summed E-state index contributed by atoms with van der Waals surface area (Å²) in [6.07, 6.45) is 1.19. The van der Waals surface area contributed by atoms with Gasteiger partial charge < -0.3 is 9.84 Å². The van der Waals surface area contributed by atoms with Gasteiger partial charge in [0.2, 0.25) is 0 Å². The highest BCUT2D eigenvalue weighted by Gasteiger charge is 2.25. The molecule has 0 aromatic heterocycles. The number of aliphatic carboxylic acids is 1. The molecule has 4 nitrogen and oxygen atoms in total. The molecule has 1 fully saturated rings. The second-order valence-electron chi connectivity index (χ2n) is 4.94. The maximum absolute atomic E-state index is 10.7. The molecular formula is C14H18ClNO3. The first-order chi connectivity index (χ1) is 9.08. The Bertz CT molecular complexity index is 464. The molecule has 0 radical (unpaired) electrons. The van der Waals surface area contributed by atoms with E-state index < -0.39 is 5.97 Å². The van der Waals surface area contributed by atoms with Crippen LogP contribution in [0.1, 0.15) is 18.4 Å². The van der Waals surface area contributed by atoms with Crippen LogP contribution in [0.3, 0.4) is 0 Å². The van der Waals surface area contributed by atoms with E-state index in [1.54, 1.807) is 13.2 Å². The number of carboxylic acid groups (broad SMARTS) is 1. The van der Waals surface area contributed by atoms with Gasteiger partial charge in [0.25, 0.3) is 0 Å². The summed E-state index contributed by atoms with van der Waals surface area (Å²) in [4.78, 5) is 13.0. The minimum absolute atomic E-state index is 0.252. The van der Waals surface area contributed by atoms with E-state index in [4.69, 9.17) is 21.4 Å². The quantitative estimate of drug-likeness (QED) is 0.902. The van der Waals surface area contributed by atoms with Crippen LogP contribution in [0.25, 0.3) is 0 Å². The average molecular weight is 284 g/mol. The molecule has 1 N–H and O–H groups in total. The summed E-state index contributed by atoms with van der Waals surface area (Å²) in [5.74, 6) is 0.362. The lowest BCUT2D eigenvalue weighted by molar-refractivity contribution is -0.138. The number of methoxy groups -OCH3 is 1. The van der Waals surface area contributed by atoms with Crippen LogP contribution in [0.5, 0.6) is 5.75 Å². The first-order valence-corrected chi connectivity index (χ1v) is 6.73. The highest BCUT2D eigenvalue weighted by atomic mass is 35.5. The summed E-state index contributed by atoms with van der Waals surface area (Å²) in [5.41, 5.74) is 1.05. The summed E-state index contributed by atoms with van der Waals surface area (Å²) >= 11 is 6.00. The van der Waals surface area contributed by atoms with E-state index in [0.717, 1.165) is 37.4 Å². The number of ether oxygens (including phenoxy) is 1. The van der Waals surface area contributed by atoms with Crippen LogP contribution in [0.15, 0.2) is 18.2 Å². The molecule has 1 aromatic rings. The van der Waals surface area contributed by atoms with E-state index >= 15 is 0 Å². The maximum atomic E-state index is 10.7. The van der Waals surface area contributed by atoms with Crippen molar-refractivity contribution in [3.05, 3.63) is 28.8 Å². The highest BCUT2D eigenvalue weighted by molar-refractivity contribution is 6.30. The van der Waals surface area contributed by atoms with E-state index in [-0.39, 0.29) is 12.3 Å². The minimum atomic E-state index is -0.716. The maximum Gasteiger partial charge on any atom is 0.303 e. The van der Waals surface area contributed by atoms with Crippen molar-refractivity contribution in [2.75, 3.05) is 20.2 Å². The molecule has 1 heterocycles. The van der Waals surface area contributed by atoms with Crippen molar-refractivity contribution in [2.24, 2.45) is 5.92 Å². The van der Waals surface area contributed by atoms with Crippen LogP contribution in [-0.4, -0.2) is 36.2 Å². The minimum Gasteiger partial charge on any atom is -0.496 e. The molecule has 0 bridgehead atoms. The number of hydrogen-bond acceptors (Lipinski definition) is 3. The van der Waals surface area contributed by atoms with Gasteiger partial charge in [-0.2, -0.15) is 0 Å². The lowest BCUT2D eigenvalue weighted by atomic mass is 10.1. The monoisotopic (exact) mass is 283 g/mol. The summed E-state index contributed by atoms with van der Waals surface area (Å²) in [5, 5.41) is 9.50. The predicted molar refractivity (Wildman–Crippen MR) is 73.6 cm³/mol. The number of hydrogen-bond donors (Lipinski definition) is 1. The number of carboxylic acids is 1. The second-order valence-corrected chi connectivity index (χ2v) is 5.38. The molecule has 104 valence electrons. The van der Waals surface area contributed by atoms with E-state index in [1.165, 1.54) is 0 Å². The van der Waals surface area contributed by atoms with E-state index in [9.17, 15) is 4.79 Å². The molecule has 1 unspecified atom stereocenters. The average Bonchev–Trinajstić information content (AvgIpc) is 2.76.